The standard InChI is InChI=1S/C12H13F3N2O2S/c13-12(14,15)9-1-3-16-6-8(9)11(18)17-7-2-4-19-10(20)5-7/h1,3,6-7,10,20H,2,4-5H2,(H,17,18). The Morgan fingerprint density at radius 1 is 1.50 bits per heavy atom. The number of carbonyl (C=O) groups excluding carboxylic acids is 1. The number of ether oxygens (including phenoxy) is 1. The monoisotopic (exact) mass is 306 g/mol. The second-order valence-electron chi connectivity index (χ2n) is 4.44. The van der Waals surface area contributed by atoms with Crippen LogP contribution in [0.4, 0.5) is 13.2 Å². The van der Waals surface area contributed by atoms with Crippen molar-refractivity contribution < 1.29 is 22.7 Å². The molecular formula is C12H13F3N2O2S. The molecule has 1 aliphatic heterocycles. The number of amides is 1. The van der Waals surface area contributed by atoms with Crippen molar-refractivity contribution in [1.82, 2.24) is 10.3 Å². The molecular weight excluding hydrogens is 293 g/mol. The van der Waals surface area contributed by atoms with E-state index in [9.17, 15) is 18.0 Å². The highest BCUT2D eigenvalue weighted by Crippen LogP contribution is 2.31. The van der Waals surface area contributed by atoms with Crippen molar-refractivity contribution in [3.63, 3.8) is 0 Å². The molecule has 20 heavy (non-hydrogen) atoms. The third-order valence-electron chi connectivity index (χ3n) is 2.97. The number of alkyl halides is 3. The van der Waals surface area contributed by atoms with E-state index >= 15 is 0 Å². The van der Waals surface area contributed by atoms with Gasteiger partial charge in [0.25, 0.3) is 5.91 Å². The topological polar surface area (TPSA) is 51.2 Å². The molecule has 0 radical (unpaired) electrons. The van der Waals surface area contributed by atoms with Crippen molar-refractivity contribution in [2.75, 3.05) is 6.61 Å². The lowest BCUT2D eigenvalue weighted by Crippen LogP contribution is -2.41. The predicted molar refractivity (Wildman–Crippen MR) is 68.5 cm³/mol. The number of nitrogens with one attached hydrogen (secondary N) is 1. The molecule has 0 aromatic carbocycles. The fraction of sp³-hybridized carbons (Fsp3) is 0.500. The normalized spacial score (nSPS) is 23.4. The summed E-state index contributed by atoms with van der Waals surface area (Å²) < 4.78 is 43.6. The van der Waals surface area contributed by atoms with Crippen LogP contribution in [-0.4, -0.2) is 29.0 Å². The maximum Gasteiger partial charge on any atom is 0.417 e. The molecule has 2 rings (SSSR count). The molecule has 1 fully saturated rings. The van der Waals surface area contributed by atoms with Crippen LogP contribution in [-0.2, 0) is 10.9 Å². The van der Waals surface area contributed by atoms with Gasteiger partial charge in [0.05, 0.1) is 17.7 Å². The van der Waals surface area contributed by atoms with Gasteiger partial charge in [0.15, 0.2) is 0 Å². The zero-order chi connectivity index (χ0) is 14.8. The minimum Gasteiger partial charge on any atom is -0.368 e. The molecule has 8 heteroatoms. The van der Waals surface area contributed by atoms with Gasteiger partial charge in [0.1, 0.15) is 5.44 Å². The zero-order valence-corrected chi connectivity index (χ0v) is 11.2. The molecule has 1 aromatic rings. The lowest BCUT2D eigenvalue weighted by molar-refractivity contribution is -0.138. The van der Waals surface area contributed by atoms with Gasteiger partial charge >= 0.3 is 6.18 Å². The van der Waals surface area contributed by atoms with Crippen molar-refractivity contribution in [2.45, 2.75) is 30.5 Å². The molecule has 0 aliphatic carbocycles. The number of hydrogen-bond donors (Lipinski definition) is 2. The zero-order valence-electron chi connectivity index (χ0n) is 10.4. The van der Waals surface area contributed by atoms with Gasteiger partial charge in [-0.15, -0.1) is 12.6 Å². The lowest BCUT2D eigenvalue weighted by Gasteiger charge is -2.27. The fourth-order valence-electron chi connectivity index (χ4n) is 1.99. The molecule has 2 atom stereocenters. The molecule has 0 bridgehead atoms. The van der Waals surface area contributed by atoms with Crippen LogP contribution in [0.1, 0.15) is 28.8 Å². The summed E-state index contributed by atoms with van der Waals surface area (Å²) in [6, 6.07) is 0.542. The molecule has 0 spiro atoms. The van der Waals surface area contributed by atoms with Gasteiger partial charge in [-0.3, -0.25) is 9.78 Å². The average molecular weight is 306 g/mol. The summed E-state index contributed by atoms with van der Waals surface area (Å²) in [6.07, 6.45) is -1.65. The Bertz CT molecular complexity index is 496. The largest absolute Gasteiger partial charge is 0.417 e. The molecule has 2 heterocycles. The fourth-order valence-corrected chi connectivity index (χ4v) is 2.35. The number of aromatic nitrogens is 1. The molecule has 4 nitrogen and oxygen atoms in total. The van der Waals surface area contributed by atoms with E-state index in [1.165, 1.54) is 0 Å². The van der Waals surface area contributed by atoms with E-state index < -0.39 is 23.2 Å². The first kappa shape index (κ1) is 15.1. The first-order valence-corrected chi connectivity index (χ1v) is 6.51. The van der Waals surface area contributed by atoms with E-state index in [-0.39, 0.29) is 11.5 Å². The number of nitrogens with zero attached hydrogens (tertiary/aromatic N) is 1. The van der Waals surface area contributed by atoms with Crippen molar-refractivity contribution in [2.24, 2.45) is 0 Å². The Labute approximate surface area is 119 Å². The van der Waals surface area contributed by atoms with E-state index in [4.69, 9.17) is 4.74 Å². The highest BCUT2D eigenvalue weighted by atomic mass is 32.1. The van der Waals surface area contributed by atoms with E-state index in [0.29, 0.717) is 19.4 Å². The van der Waals surface area contributed by atoms with Crippen LogP contribution in [0.3, 0.4) is 0 Å². The van der Waals surface area contributed by atoms with Crippen LogP contribution in [0.5, 0.6) is 0 Å². The number of thiol groups is 1. The minimum atomic E-state index is -4.59. The van der Waals surface area contributed by atoms with Gasteiger partial charge < -0.3 is 10.1 Å². The number of carbonyl (C=O) groups is 1. The van der Waals surface area contributed by atoms with Crippen molar-refractivity contribution in [3.05, 3.63) is 29.6 Å². The van der Waals surface area contributed by atoms with Gasteiger partial charge in [-0.05, 0) is 12.5 Å². The summed E-state index contributed by atoms with van der Waals surface area (Å²) in [5.41, 5.74) is -1.77. The molecule has 1 saturated heterocycles. The maximum absolute atomic E-state index is 12.8. The van der Waals surface area contributed by atoms with Crippen LogP contribution in [0.2, 0.25) is 0 Å². The maximum atomic E-state index is 12.8. The Balaban J connectivity index is 2.13. The molecule has 110 valence electrons. The Morgan fingerprint density at radius 2 is 2.25 bits per heavy atom. The van der Waals surface area contributed by atoms with Crippen LogP contribution in [0.15, 0.2) is 18.5 Å². The molecule has 1 aromatic heterocycles. The first-order valence-electron chi connectivity index (χ1n) is 5.99. The van der Waals surface area contributed by atoms with E-state index in [1.54, 1.807) is 0 Å². The number of rotatable bonds is 2. The van der Waals surface area contributed by atoms with Gasteiger partial charge in [-0.25, -0.2) is 0 Å². The van der Waals surface area contributed by atoms with E-state index in [0.717, 1.165) is 18.5 Å². The van der Waals surface area contributed by atoms with Gasteiger partial charge in [-0.1, -0.05) is 0 Å². The molecule has 1 amide bonds. The summed E-state index contributed by atoms with van der Waals surface area (Å²) in [5, 5.41) is 2.57. The second-order valence-corrected chi connectivity index (χ2v) is 5.02. The Morgan fingerprint density at radius 3 is 2.90 bits per heavy atom. The number of hydrogen-bond acceptors (Lipinski definition) is 4. The summed E-state index contributed by atoms with van der Waals surface area (Å²) in [5.74, 6) is -0.780. The summed E-state index contributed by atoms with van der Waals surface area (Å²) in [6.45, 7) is 0.415. The summed E-state index contributed by atoms with van der Waals surface area (Å²) in [4.78, 5) is 15.6. The molecule has 1 aliphatic rings. The van der Waals surface area contributed by atoms with Gasteiger partial charge in [0, 0.05) is 24.9 Å². The highest BCUT2D eigenvalue weighted by Gasteiger charge is 2.35. The van der Waals surface area contributed by atoms with Crippen LogP contribution >= 0.6 is 12.6 Å². The third kappa shape index (κ3) is 3.63. The quantitative estimate of drug-likeness (QED) is 0.824. The van der Waals surface area contributed by atoms with Crippen molar-refractivity contribution in [3.8, 4) is 0 Å². The number of halogens is 3. The van der Waals surface area contributed by atoms with Crippen LogP contribution in [0, 0.1) is 0 Å². The molecule has 0 saturated carbocycles. The average Bonchev–Trinajstić information content (AvgIpc) is 2.37. The lowest BCUT2D eigenvalue weighted by atomic mass is 10.1. The van der Waals surface area contributed by atoms with E-state index in [1.807, 2.05) is 0 Å². The van der Waals surface area contributed by atoms with Gasteiger partial charge in [0.2, 0.25) is 0 Å². The Kier molecular flexibility index (Phi) is 4.54. The second kappa shape index (κ2) is 6.01. The van der Waals surface area contributed by atoms with Gasteiger partial charge in [-0.2, -0.15) is 13.2 Å². The summed E-state index contributed by atoms with van der Waals surface area (Å²) >= 11 is 4.13. The number of pyridine rings is 1. The SMILES string of the molecule is O=C(NC1CCOC(S)C1)c1cnccc1C(F)(F)F. The smallest absolute Gasteiger partial charge is 0.368 e. The molecule has 2 unspecified atom stereocenters. The van der Waals surface area contributed by atoms with Crippen molar-refractivity contribution >= 4 is 18.5 Å². The minimum absolute atomic E-state index is 0.250. The first-order chi connectivity index (χ1) is 9.38. The van der Waals surface area contributed by atoms with Crippen molar-refractivity contribution in [1.29, 1.82) is 0 Å². The predicted octanol–water partition coefficient (Wildman–Crippen LogP) is 2.27. The molecule has 1 N–H and O–H groups in total. The van der Waals surface area contributed by atoms with E-state index in [2.05, 4.69) is 22.9 Å². The van der Waals surface area contributed by atoms with Crippen LogP contribution < -0.4 is 5.32 Å². The van der Waals surface area contributed by atoms with Crippen LogP contribution in [0.25, 0.3) is 0 Å². The third-order valence-corrected chi connectivity index (χ3v) is 3.33. The Hall–Kier alpha value is -1.28. The summed E-state index contributed by atoms with van der Waals surface area (Å²) in [7, 11) is 0. The highest BCUT2D eigenvalue weighted by molar-refractivity contribution is 7.80.